The van der Waals surface area contributed by atoms with Crippen LogP contribution in [0.1, 0.15) is 71.0 Å². The van der Waals surface area contributed by atoms with Crippen LogP contribution in [0.5, 0.6) is 0 Å². The number of alkyl carbamates (subject to hydrolysis) is 2. The van der Waals surface area contributed by atoms with Crippen LogP contribution in [-0.2, 0) is 19.1 Å². The molecule has 2 atom stereocenters. The van der Waals surface area contributed by atoms with E-state index in [1.807, 2.05) is 72.8 Å². The minimum atomic E-state index is -1.33. The summed E-state index contributed by atoms with van der Waals surface area (Å²) in [6, 6.07) is 31.0. The summed E-state index contributed by atoms with van der Waals surface area (Å²) in [5, 5.41) is 23.6. The lowest BCUT2D eigenvalue weighted by Crippen LogP contribution is -2.52. The van der Waals surface area contributed by atoms with E-state index in [9.17, 15) is 29.4 Å². The molecule has 1 aromatic heterocycles. The van der Waals surface area contributed by atoms with Gasteiger partial charge in [-0.15, -0.1) is 11.3 Å². The van der Waals surface area contributed by atoms with Crippen molar-refractivity contribution in [3.8, 4) is 22.3 Å². The van der Waals surface area contributed by atoms with E-state index in [-0.39, 0.29) is 31.5 Å². The highest BCUT2D eigenvalue weighted by Crippen LogP contribution is 2.45. The Morgan fingerprint density at radius 2 is 1.15 bits per heavy atom. The molecule has 7 rings (SSSR count). The summed E-state index contributed by atoms with van der Waals surface area (Å²) in [7, 11) is 0. The van der Waals surface area contributed by atoms with Gasteiger partial charge in [-0.3, -0.25) is 0 Å². The summed E-state index contributed by atoms with van der Waals surface area (Å²) in [5.74, 6) is -2.35. The molecule has 0 radical (unpaired) electrons. The summed E-state index contributed by atoms with van der Waals surface area (Å²) in [6.07, 6.45) is -1.21. The number of fused-ring (bicyclic) bond motifs is 6. The lowest BCUT2D eigenvalue weighted by atomic mass is 9.98. The number of amides is 2. The van der Waals surface area contributed by atoms with Crippen molar-refractivity contribution in [3.63, 3.8) is 0 Å². The fraction of sp³-hybridized carbons (Fsp3) is 0.244. The van der Waals surface area contributed by atoms with Gasteiger partial charge in [-0.25, -0.2) is 24.2 Å². The van der Waals surface area contributed by atoms with E-state index in [4.69, 9.17) is 9.47 Å². The molecule has 11 nitrogen and oxygen atoms in total. The maximum absolute atomic E-state index is 12.3. The molecule has 0 aliphatic heterocycles. The van der Waals surface area contributed by atoms with Gasteiger partial charge in [0, 0.05) is 11.8 Å². The second-order valence-electron chi connectivity index (χ2n) is 13.0. The molecule has 2 unspecified atom stereocenters. The number of thiazole rings is 1. The average Bonchev–Trinajstić information content (AvgIpc) is 3.83. The van der Waals surface area contributed by atoms with Gasteiger partial charge in [-0.2, -0.15) is 0 Å². The van der Waals surface area contributed by atoms with Gasteiger partial charge >= 0.3 is 24.1 Å². The molecule has 2 aliphatic carbocycles. The highest BCUT2D eigenvalue weighted by molar-refractivity contribution is 7.10. The first-order valence-electron chi connectivity index (χ1n) is 17.1. The Morgan fingerprint density at radius 3 is 1.51 bits per heavy atom. The first-order valence-corrected chi connectivity index (χ1v) is 18.0. The van der Waals surface area contributed by atoms with Crippen LogP contribution in [0.15, 0.2) is 103 Å². The Balaban J connectivity index is 0.000000183. The topological polar surface area (TPSA) is 164 Å². The fourth-order valence-corrected chi connectivity index (χ4v) is 7.58. The predicted molar refractivity (Wildman–Crippen MR) is 200 cm³/mol. The zero-order chi connectivity index (χ0) is 37.7. The summed E-state index contributed by atoms with van der Waals surface area (Å²) < 4.78 is 10.8. The molecular weight excluding hydrogens is 695 g/mol. The molecule has 0 saturated heterocycles. The molecule has 4 aromatic carbocycles. The maximum atomic E-state index is 12.3. The van der Waals surface area contributed by atoms with Gasteiger partial charge in [0.15, 0.2) is 6.04 Å². The number of aromatic nitrogens is 1. The largest absolute Gasteiger partial charge is 0.480 e. The molecule has 2 amide bonds. The Bertz CT molecular complexity index is 2080. The fourth-order valence-electron chi connectivity index (χ4n) is 6.74. The number of carboxylic acids is 2. The van der Waals surface area contributed by atoms with Gasteiger partial charge in [0.25, 0.3) is 0 Å². The number of carboxylic acid groups (broad SMARTS) is 2. The van der Waals surface area contributed by atoms with E-state index in [0.29, 0.717) is 10.6 Å². The molecule has 4 N–H and O–H groups in total. The first-order chi connectivity index (χ1) is 25.5. The van der Waals surface area contributed by atoms with Gasteiger partial charge in [-0.1, -0.05) is 104 Å². The first kappa shape index (κ1) is 36.8. The monoisotopic (exact) mass is 733 g/mol. The van der Waals surface area contributed by atoms with Crippen molar-refractivity contribution in [1.82, 2.24) is 15.6 Å². The van der Waals surface area contributed by atoms with Crippen molar-refractivity contribution in [3.05, 3.63) is 135 Å². The van der Waals surface area contributed by atoms with E-state index >= 15 is 0 Å². The van der Waals surface area contributed by atoms with Gasteiger partial charge < -0.3 is 30.3 Å². The van der Waals surface area contributed by atoms with E-state index in [1.165, 1.54) is 18.3 Å². The van der Waals surface area contributed by atoms with Crippen molar-refractivity contribution in [2.24, 2.45) is 0 Å². The number of nitrogens with zero attached hydrogens (tertiary/aromatic N) is 1. The molecule has 1 heterocycles. The normalized spacial score (nSPS) is 14.2. The number of ether oxygens (including phenoxy) is 2. The molecule has 0 fully saturated rings. The number of rotatable bonds is 10. The second-order valence-corrected chi connectivity index (χ2v) is 13.9. The number of aliphatic carboxylic acids is 2. The maximum Gasteiger partial charge on any atom is 0.408 e. The van der Waals surface area contributed by atoms with E-state index < -0.39 is 35.7 Å². The minimum Gasteiger partial charge on any atom is -0.480 e. The Labute approximate surface area is 310 Å². The van der Waals surface area contributed by atoms with Crippen LogP contribution in [0, 0.1) is 6.92 Å². The van der Waals surface area contributed by atoms with E-state index in [1.54, 1.807) is 19.4 Å². The Hall–Kier alpha value is -6.01. The van der Waals surface area contributed by atoms with E-state index in [2.05, 4.69) is 39.9 Å². The number of aryl methyl sites for hydroxylation is 1. The zero-order valence-electron chi connectivity index (χ0n) is 29.4. The molecule has 53 heavy (non-hydrogen) atoms. The van der Waals surface area contributed by atoms with Crippen molar-refractivity contribution in [2.75, 3.05) is 13.2 Å². The molecule has 0 saturated carbocycles. The smallest absolute Gasteiger partial charge is 0.408 e. The summed E-state index contributed by atoms with van der Waals surface area (Å²) in [5.41, 5.74) is 9.81. The van der Waals surface area contributed by atoms with Crippen LogP contribution >= 0.6 is 11.3 Å². The number of carbonyl (C=O) groups excluding carboxylic acids is 2. The molecule has 2 aliphatic rings. The summed E-state index contributed by atoms with van der Waals surface area (Å²) >= 11 is 1.19. The van der Waals surface area contributed by atoms with Crippen LogP contribution in [0.2, 0.25) is 0 Å². The summed E-state index contributed by atoms with van der Waals surface area (Å²) in [4.78, 5) is 51.9. The summed E-state index contributed by atoms with van der Waals surface area (Å²) in [6.45, 7) is 5.18. The lowest BCUT2D eigenvalue weighted by Gasteiger charge is -2.24. The predicted octanol–water partition coefficient (Wildman–Crippen LogP) is 7.89. The molecule has 5 aromatic rings. The number of benzene rings is 4. The number of hydrogen-bond donors (Lipinski definition) is 4. The molecule has 0 bridgehead atoms. The minimum absolute atomic E-state index is 0.0455. The number of carbonyl (C=O) groups is 4. The second kappa shape index (κ2) is 15.7. The third kappa shape index (κ3) is 7.63. The van der Waals surface area contributed by atoms with Crippen LogP contribution in [-0.4, -0.2) is 58.1 Å². The van der Waals surface area contributed by atoms with E-state index in [0.717, 1.165) is 44.5 Å². The number of hydrogen-bond acceptors (Lipinski definition) is 8. The molecular formula is C41H39N3O8S. The standard InChI is InChI=1S/C21H18N2O4S.C20H21NO4/c1-12-19(28-11-22-12)18(20(24)25)23-21(26)27-10-17-15-8-4-2-6-13(15)14-7-3-5-9-16(14)17;1-3-20(2,18(22)23)21-19(24)25-12-17-15-10-6-4-8-13(15)14-9-5-7-11-16(14)17/h2-9,11,17-18H,10H2,1H3,(H,23,26)(H,24,25);4-11,17H,3,12H2,1-2H3,(H,21,24)(H,22,23). The number of nitrogens with one attached hydrogen (secondary N) is 2. The molecule has 0 spiro atoms. The van der Waals surface area contributed by atoms with Gasteiger partial charge in [0.2, 0.25) is 0 Å². The van der Waals surface area contributed by atoms with Crippen molar-refractivity contribution >= 4 is 35.5 Å². The molecule has 12 heteroatoms. The van der Waals surface area contributed by atoms with Gasteiger partial charge in [0.05, 0.1) is 16.1 Å². The van der Waals surface area contributed by atoms with Crippen LogP contribution in [0.4, 0.5) is 9.59 Å². The van der Waals surface area contributed by atoms with Gasteiger partial charge in [0.1, 0.15) is 18.8 Å². The lowest BCUT2D eigenvalue weighted by molar-refractivity contribution is -0.144. The van der Waals surface area contributed by atoms with Crippen molar-refractivity contribution < 1.29 is 38.9 Å². The Kier molecular flexibility index (Phi) is 10.9. The Morgan fingerprint density at radius 1 is 0.736 bits per heavy atom. The van der Waals surface area contributed by atoms with Crippen LogP contribution < -0.4 is 10.6 Å². The molecule has 272 valence electrons. The SMILES string of the molecule is CCC(C)(NC(=O)OCC1c2ccccc2-c2ccccc21)C(=O)O.Cc1ncsc1C(NC(=O)OCC1c2ccccc2-c2ccccc21)C(=O)O. The highest BCUT2D eigenvalue weighted by atomic mass is 32.1. The quantitative estimate of drug-likeness (QED) is 0.112. The third-order valence-electron chi connectivity index (χ3n) is 9.80. The van der Waals surface area contributed by atoms with Gasteiger partial charge in [-0.05, 0) is 64.8 Å². The van der Waals surface area contributed by atoms with Crippen molar-refractivity contribution in [1.29, 1.82) is 0 Å². The third-order valence-corrected chi connectivity index (χ3v) is 10.8. The van der Waals surface area contributed by atoms with Crippen LogP contribution in [0.25, 0.3) is 22.3 Å². The highest BCUT2D eigenvalue weighted by Gasteiger charge is 2.35. The van der Waals surface area contributed by atoms with Crippen molar-refractivity contribution in [2.45, 2.75) is 50.6 Å². The average molecular weight is 734 g/mol. The van der Waals surface area contributed by atoms with Crippen LogP contribution in [0.3, 0.4) is 0 Å². The zero-order valence-corrected chi connectivity index (χ0v) is 30.2.